The van der Waals surface area contributed by atoms with Gasteiger partial charge in [-0.1, -0.05) is 30.3 Å². The lowest BCUT2D eigenvalue weighted by Gasteiger charge is -2.23. The molecule has 2 aromatic carbocycles. The number of β-amino-alcohol motifs (C(OH)–C–C–N with tert-alkyl or cyclic N) is 1. The van der Waals surface area contributed by atoms with Crippen LogP contribution in [-0.4, -0.2) is 52.5 Å². The topological polar surface area (TPSA) is 79.7 Å². The molecule has 1 fully saturated rings. The Labute approximate surface area is 191 Å². The molecule has 32 heavy (non-hydrogen) atoms. The summed E-state index contributed by atoms with van der Waals surface area (Å²) in [4.78, 5) is 33.0. The number of carbonyl (C=O) groups is 2. The van der Waals surface area contributed by atoms with Gasteiger partial charge in [0.05, 0.1) is 35.3 Å². The van der Waals surface area contributed by atoms with Crippen LogP contribution in [0.15, 0.2) is 54.0 Å². The van der Waals surface area contributed by atoms with Crippen molar-refractivity contribution in [3.8, 4) is 16.2 Å². The number of aliphatic hydroxyl groups excluding tert-OH is 1. The van der Waals surface area contributed by atoms with Gasteiger partial charge in [-0.2, -0.15) is 0 Å². The van der Waals surface area contributed by atoms with Gasteiger partial charge >= 0.3 is 0 Å². The Hall–Kier alpha value is -3.03. The maximum atomic E-state index is 13.0. The first-order valence-electron chi connectivity index (χ1n) is 10.6. The molecule has 0 aliphatic carbocycles. The molecule has 166 valence electrons. The Kier molecular flexibility index (Phi) is 6.67. The van der Waals surface area contributed by atoms with Crippen LogP contribution in [-0.2, 0) is 11.2 Å². The Balaban J connectivity index is 1.41. The van der Waals surface area contributed by atoms with Crippen LogP contribution in [0.2, 0.25) is 0 Å². The van der Waals surface area contributed by atoms with Gasteiger partial charge in [-0.05, 0) is 42.7 Å². The van der Waals surface area contributed by atoms with Crippen molar-refractivity contribution in [2.45, 2.75) is 38.3 Å². The van der Waals surface area contributed by atoms with Crippen LogP contribution in [0.5, 0.6) is 5.75 Å². The monoisotopic (exact) mass is 450 g/mol. The summed E-state index contributed by atoms with van der Waals surface area (Å²) in [6, 6.07) is 14.4. The van der Waals surface area contributed by atoms with Gasteiger partial charge in [-0.3, -0.25) is 9.59 Å². The number of Topliss-reactive ketones (excluding diaryl/α,β-unsaturated/α-hetero) is 1. The van der Waals surface area contributed by atoms with E-state index in [1.54, 1.807) is 42.7 Å². The number of benzene rings is 2. The van der Waals surface area contributed by atoms with E-state index in [9.17, 15) is 14.7 Å². The summed E-state index contributed by atoms with van der Waals surface area (Å²) in [5, 5.41) is 10.2. The molecule has 6 nitrogen and oxygen atoms in total. The summed E-state index contributed by atoms with van der Waals surface area (Å²) in [5.74, 6) is 0.290. The summed E-state index contributed by atoms with van der Waals surface area (Å²) in [6.07, 6.45) is 0.491. The Bertz CT molecular complexity index is 1110. The third-order valence-corrected chi connectivity index (χ3v) is 6.83. The van der Waals surface area contributed by atoms with E-state index in [0.29, 0.717) is 24.2 Å². The first-order chi connectivity index (χ1) is 15.5. The number of ketones is 1. The fraction of sp³-hybridized carbons (Fsp3) is 0.320. The highest BCUT2D eigenvalue weighted by Gasteiger charge is 2.38. The van der Waals surface area contributed by atoms with Crippen molar-refractivity contribution in [3.05, 3.63) is 70.9 Å². The Morgan fingerprint density at radius 3 is 2.69 bits per heavy atom. The summed E-state index contributed by atoms with van der Waals surface area (Å²) in [6.45, 7) is 2.16. The zero-order valence-corrected chi connectivity index (χ0v) is 19.0. The van der Waals surface area contributed by atoms with E-state index < -0.39 is 12.1 Å². The van der Waals surface area contributed by atoms with Crippen LogP contribution in [0.1, 0.15) is 34.5 Å². The minimum absolute atomic E-state index is 0.0276. The van der Waals surface area contributed by atoms with Gasteiger partial charge in [-0.15, -0.1) is 11.3 Å². The molecular weight excluding hydrogens is 424 g/mol. The first kappa shape index (κ1) is 22.2. The normalized spacial score (nSPS) is 18.0. The number of aliphatic hydroxyl groups is 1. The summed E-state index contributed by atoms with van der Waals surface area (Å²) in [7, 11) is 1.54. The van der Waals surface area contributed by atoms with Crippen molar-refractivity contribution in [1.29, 1.82) is 0 Å². The molecule has 3 aromatic rings. The number of aromatic nitrogens is 1. The Morgan fingerprint density at radius 2 is 2.00 bits per heavy atom. The van der Waals surface area contributed by atoms with Gasteiger partial charge in [0, 0.05) is 24.9 Å². The largest absolute Gasteiger partial charge is 0.497 e. The number of hydrogen-bond donors (Lipinski definition) is 1. The molecule has 1 saturated heterocycles. The molecule has 2 atom stereocenters. The number of likely N-dealkylation sites (tertiary alicyclic amines) is 1. The predicted molar refractivity (Wildman–Crippen MR) is 124 cm³/mol. The molecule has 0 radical (unpaired) electrons. The van der Waals surface area contributed by atoms with Crippen molar-refractivity contribution in [2.24, 2.45) is 0 Å². The second-order valence-electron chi connectivity index (χ2n) is 8.02. The van der Waals surface area contributed by atoms with E-state index in [1.807, 2.05) is 24.6 Å². The molecular formula is C25H26N2O4S. The number of methoxy groups -OCH3 is 1. The zero-order valence-electron chi connectivity index (χ0n) is 18.2. The Morgan fingerprint density at radius 1 is 1.22 bits per heavy atom. The lowest BCUT2D eigenvalue weighted by molar-refractivity contribution is -0.122. The first-order valence-corrected chi connectivity index (χ1v) is 11.5. The van der Waals surface area contributed by atoms with Crippen LogP contribution in [0, 0.1) is 6.92 Å². The number of thiazole rings is 1. The minimum atomic E-state index is -0.694. The highest BCUT2D eigenvalue weighted by atomic mass is 32.1. The molecule has 0 saturated carbocycles. The van der Waals surface area contributed by atoms with Gasteiger partial charge < -0.3 is 14.7 Å². The number of carbonyl (C=O) groups excluding carboxylic acids is 2. The van der Waals surface area contributed by atoms with Gasteiger partial charge in [-0.25, -0.2) is 4.98 Å². The van der Waals surface area contributed by atoms with Crippen LogP contribution in [0.4, 0.5) is 0 Å². The van der Waals surface area contributed by atoms with Crippen molar-refractivity contribution in [1.82, 2.24) is 9.88 Å². The second-order valence-corrected chi connectivity index (χ2v) is 8.88. The van der Waals surface area contributed by atoms with Gasteiger partial charge in [0.2, 0.25) is 0 Å². The molecule has 2 heterocycles. The van der Waals surface area contributed by atoms with Crippen molar-refractivity contribution < 1.29 is 19.4 Å². The highest BCUT2D eigenvalue weighted by molar-refractivity contribution is 7.13. The summed E-state index contributed by atoms with van der Waals surface area (Å²) >= 11 is 1.61. The maximum absolute atomic E-state index is 13.0. The van der Waals surface area contributed by atoms with Crippen LogP contribution < -0.4 is 4.74 Å². The molecule has 1 aliphatic rings. The van der Waals surface area contributed by atoms with Gasteiger partial charge in [0.1, 0.15) is 5.75 Å². The zero-order chi connectivity index (χ0) is 22.7. The third-order valence-electron chi connectivity index (χ3n) is 5.85. The number of amides is 1. The lowest BCUT2D eigenvalue weighted by atomic mass is 10.00. The molecule has 7 heteroatoms. The van der Waals surface area contributed by atoms with Gasteiger partial charge in [0.15, 0.2) is 5.78 Å². The molecule has 4 rings (SSSR count). The number of aryl methyl sites for hydroxylation is 2. The summed E-state index contributed by atoms with van der Waals surface area (Å²) < 4.78 is 5.20. The van der Waals surface area contributed by atoms with E-state index in [-0.39, 0.29) is 24.7 Å². The molecule has 1 aromatic heterocycles. The number of ether oxygens (including phenoxy) is 1. The number of rotatable bonds is 7. The SMILES string of the molecule is COc1cccc(C(=O)N2C[C@H](O)C[C@H]2C(=O)CCc2ccc(-c3scnc3C)cc2)c1. The van der Waals surface area contributed by atoms with Crippen LogP contribution >= 0.6 is 11.3 Å². The highest BCUT2D eigenvalue weighted by Crippen LogP contribution is 2.28. The molecule has 0 bridgehead atoms. The van der Waals surface area contributed by atoms with E-state index in [4.69, 9.17) is 4.74 Å². The maximum Gasteiger partial charge on any atom is 0.254 e. The molecule has 0 unspecified atom stereocenters. The van der Waals surface area contributed by atoms with E-state index >= 15 is 0 Å². The fourth-order valence-electron chi connectivity index (χ4n) is 4.10. The lowest BCUT2D eigenvalue weighted by Crippen LogP contribution is -2.40. The average Bonchev–Trinajstić information content (AvgIpc) is 3.42. The third kappa shape index (κ3) is 4.74. The minimum Gasteiger partial charge on any atom is -0.497 e. The van der Waals surface area contributed by atoms with Crippen molar-refractivity contribution >= 4 is 23.0 Å². The number of hydrogen-bond acceptors (Lipinski definition) is 6. The van der Waals surface area contributed by atoms with E-state index in [0.717, 1.165) is 21.7 Å². The molecule has 0 spiro atoms. The molecule has 1 aliphatic heterocycles. The fourth-order valence-corrected chi connectivity index (χ4v) is 4.91. The predicted octanol–water partition coefficient (Wildman–Crippen LogP) is 3.90. The standard InChI is InChI=1S/C25H26N2O4S/c1-16-24(32-15-26-16)18-9-6-17(7-10-18)8-11-23(29)22-13-20(28)14-27(22)25(30)19-4-3-5-21(12-19)31-2/h3-7,9-10,12,15,20,22,28H,8,11,13-14H2,1-2H3/t20-,22+/m1/s1. The van der Waals surface area contributed by atoms with E-state index in [2.05, 4.69) is 17.1 Å². The summed E-state index contributed by atoms with van der Waals surface area (Å²) in [5.41, 5.74) is 5.48. The van der Waals surface area contributed by atoms with Crippen LogP contribution in [0.25, 0.3) is 10.4 Å². The number of nitrogens with zero attached hydrogens (tertiary/aromatic N) is 2. The van der Waals surface area contributed by atoms with Gasteiger partial charge in [0.25, 0.3) is 5.91 Å². The smallest absolute Gasteiger partial charge is 0.254 e. The average molecular weight is 451 g/mol. The quantitative estimate of drug-likeness (QED) is 0.591. The van der Waals surface area contributed by atoms with Crippen molar-refractivity contribution in [3.63, 3.8) is 0 Å². The second kappa shape index (κ2) is 9.63. The van der Waals surface area contributed by atoms with Crippen LogP contribution in [0.3, 0.4) is 0 Å². The molecule has 1 amide bonds. The van der Waals surface area contributed by atoms with Crippen molar-refractivity contribution in [2.75, 3.05) is 13.7 Å². The van der Waals surface area contributed by atoms with E-state index in [1.165, 1.54) is 4.90 Å². The molecule has 1 N–H and O–H groups in total.